The minimum atomic E-state index is -0.675. The number of hydrazone groups is 1. The average molecular weight is 382 g/mol. The minimum Gasteiger partial charge on any atom is -0.484 e. The van der Waals surface area contributed by atoms with Crippen LogP contribution in [-0.4, -0.2) is 35.8 Å². The smallest absolute Gasteiger partial charge is 0.271 e. The van der Waals surface area contributed by atoms with Gasteiger partial charge in [0.15, 0.2) is 6.61 Å². The van der Waals surface area contributed by atoms with Gasteiger partial charge >= 0.3 is 0 Å². The van der Waals surface area contributed by atoms with Crippen LogP contribution in [0.2, 0.25) is 0 Å². The Morgan fingerprint density at radius 3 is 2.54 bits per heavy atom. The molecule has 9 heteroatoms. The van der Waals surface area contributed by atoms with Crippen molar-refractivity contribution in [2.24, 2.45) is 10.8 Å². The minimum absolute atomic E-state index is 0.206. The van der Waals surface area contributed by atoms with E-state index in [1.165, 1.54) is 17.8 Å². The van der Waals surface area contributed by atoms with E-state index in [1.807, 2.05) is 0 Å². The van der Waals surface area contributed by atoms with E-state index in [4.69, 9.17) is 15.7 Å². The van der Waals surface area contributed by atoms with Crippen molar-refractivity contribution in [3.05, 3.63) is 71.3 Å². The van der Waals surface area contributed by atoms with Gasteiger partial charge in [-0.05, 0) is 53.6 Å². The summed E-state index contributed by atoms with van der Waals surface area (Å²) in [5.74, 6) is -1.19. The molecule has 5 N–H and O–H groups in total. The number of hydrogen-bond donors (Lipinski definition) is 4. The molecule has 2 aromatic carbocycles. The molecule has 0 heterocycles. The van der Waals surface area contributed by atoms with Crippen LogP contribution in [0.5, 0.6) is 5.75 Å². The summed E-state index contributed by atoms with van der Waals surface area (Å²) in [6, 6.07) is 13.2. The molecule has 2 aromatic rings. The number of benzene rings is 2. The maximum Gasteiger partial charge on any atom is 0.271 e. The zero-order chi connectivity index (χ0) is 20.4. The summed E-state index contributed by atoms with van der Waals surface area (Å²) < 4.78 is 5.14. The largest absolute Gasteiger partial charge is 0.484 e. The molecule has 9 nitrogen and oxygen atoms in total. The molecule has 2 rings (SSSR count). The number of amides is 3. The van der Waals surface area contributed by atoms with Gasteiger partial charge in [0.1, 0.15) is 5.75 Å². The molecule has 0 radical (unpaired) electrons. The Morgan fingerprint density at radius 2 is 1.86 bits per heavy atom. The van der Waals surface area contributed by atoms with Crippen LogP contribution in [0.15, 0.2) is 59.7 Å². The number of carbonyl (C=O) groups excluding carboxylic acids is 3. The van der Waals surface area contributed by atoms with Crippen LogP contribution in [0, 0.1) is 0 Å². The summed E-state index contributed by atoms with van der Waals surface area (Å²) in [4.78, 5) is 33.8. The van der Waals surface area contributed by atoms with Crippen LogP contribution in [-0.2, 0) is 9.59 Å². The second-order valence-corrected chi connectivity index (χ2v) is 5.46. The summed E-state index contributed by atoms with van der Waals surface area (Å²) >= 11 is 0. The van der Waals surface area contributed by atoms with Gasteiger partial charge in [-0.15, -0.1) is 0 Å². The van der Waals surface area contributed by atoms with Gasteiger partial charge in [0.25, 0.3) is 17.7 Å². The number of ether oxygens (including phenoxy) is 1. The van der Waals surface area contributed by atoms with Gasteiger partial charge < -0.3 is 10.5 Å². The molecule has 0 atom stereocenters. The number of primary amides is 1. The fourth-order valence-electron chi connectivity index (χ4n) is 2.03. The van der Waals surface area contributed by atoms with E-state index in [1.54, 1.807) is 48.5 Å². The third-order valence-electron chi connectivity index (χ3n) is 3.33. The van der Waals surface area contributed by atoms with Crippen LogP contribution >= 0.6 is 0 Å². The molecule has 28 heavy (non-hydrogen) atoms. The Hall–Kier alpha value is -3.98. The van der Waals surface area contributed by atoms with E-state index in [9.17, 15) is 14.4 Å². The van der Waals surface area contributed by atoms with Crippen LogP contribution in [0.1, 0.15) is 21.5 Å². The van der Waals surface area contributed by atoms with Gasteiger partial charge in [0, 0.05) is 11.6 Å². The van der Waals surface area contributed by atoms with Gasteiger partial charge in [-0.2, -0.15) is 5.10 Å². The lowest BCUT2D eigenvalue weighted by atomic mass is 10.1. The van der Waals surface area contributed by atoms with Crippen molar-refractivity contribution >= 4 is 30.0 Å². The Balaban J connectivity index is 1.93. The lowest BCUT2D eigenvalue weighted by Crippen LogP contribution is -2.20. The van der Waals surface area contributed by atoms with Crippen LogP contribution in [0.3, 0.4) is 0 Å². The maximum absolute atomic E-state index is 12.2. The summed E-state index contributed by atoms with van der Waals surface area (Å²) in [6.45, 7) is -0.206. The third-order valence-corrected chi connectivity index (χ3v) is 3.33. The first kappa shape index (κ1) is 20.3. The molecule has 0 bridgehead atoms. The molecule has 3 amide bonds. The molecular formula is C19H18N4O5. The van der Waals surface area contributed by atoms with Crippen molar-refractivity contribution < 1.29 is 24.3 Å². The molecular weight excluding hydrogens is 364 g/mol. The molecule has 0 aliphatic heterocycles. The summed E-state index contributed by atoms with van der Waals surface area (Å²) in [6.07, 6.45) is 4.03. The van der Waals surface area contributed by atoms with E-state index in [-0.39, 0.29) is 6.61 Å². The van der Waals surface area contributed by atoms with Gasteiger partial charge in [-0.25, -0.2) is 10.9 Å². The summed E-state index contributed by atoms with van der Waals surface area (Å²) in [5, 5.41) is 12.3. The third kappa shape index (κ3) is 6.73. The first-order chi connectivity index (χ1) is 13.5. The fourth-order valence-corrected chi connectivity index (χ4v) is 2.03. The Morgan fingerprint density at radius 1 is 1.11 bits per heavy atom. The predicted molar refractivity (Wildman–Crippen MR) is 102 cm³/mol. The van der Waals surface area contributed by atoms with Crippen molar-refractivity contribution in [2.45, 2.75) is 0 Å². The maximum atomic E-state index is 12.2. The number of rotatable bonds is 8. The number of nitrogens with zero attached hydrogens (tertiary/aromatic N) is 1. The van der Waals surface area contributed by atoms with Crippen LogP contribution in [0.25, 0.3) is 6.08 Å². The van der Waals surface area contributed by atoms with Gasteiger partial charge in [-0.1, -0.05) is 12.1 Å². The van der Waals surface area contributed by atoms with Gasteiger partial charge in [0.2, 0.25) is 0 Å². The highest BCUT2D eigenvalue weighted by molar-refractivity contribution is 5.96. The number of carbonyl (C=O) groups is 3. The number of nitrogens with one attached hydrogen (secondary N) is 2. The quantitative estimate of drug-likeness (QED) is 0.231. The summed E-state index contributed by atoms with van der Waals surface area (Å²) in [5.41, 5.74) is 10.5. The highest BCUT2D eigenvalue weighted by Crippen LogP contribution is 2.11. The number of nitrogens with two attached hydrogens (primary N) is 1. The molecule has 0 aromatic heterocycles. The van der Waals surface area contributed by atoms with Gasteiger partial charge in [-0.3, -0.25) is 19.6 Å². The fraction of sp³-hybridized carbons (Fsp3) is 0.0526. The highest BCUT2D eigenvalue weighted by atomic mass is 16.5. The number of hydrogen-bond acceptors (Lipinski definition) is 6. The molecule has 0 saturated carbocycles. The first-order valence-corrected chi connectivity index (χ1v) is 8.04. The normalized spacial score (nSPS) is 10.8. The highest BCUT2D eigenvalue weighted by Gasteiger charge is 2.04. The zero-order valence-corrected chi connectivity index (χ0v) is 14.7. The standard InChI is InChI=1S/C19H18N4O5/c20-17(24)12-28-16-7-4-14(5-8-16)11-21-22-19(26)15-3-1-2-13(10-15)6-9-18(25)23-27/h1-11,27H,12H2,(H2,20,24)(H,22,26)(H,23,25). The Kier molecular flexibility index (Phi) is 7.43. The topological polar surface area (TPSA) is 143 Å². The zero-order valence-electron chi connectivity index (χ0n) is 14.7. The molecule has 0 fully saturated rings. The predicted octanol–water partition coefficient (Wildman–Crippen LogP) is 0.833. The monoisotopic (exact) mass is 382 g/mol. The van der Waals surface area contributed by atoms with E-state index in [2.05, 4.69) is 10.5 Å². The lowest BCUT2D eigenvalue weighted by molar-refractivity contribution is -0.124. The van der Waals surface area contributed by atoms with Crippen molar-refractivity contribution in [1.29, 1.82) is 0 Å². The van der Waals surface area contributed by atoms with Crippen LogP contribution in [0.4, 0.5) is 0 Å². The second-order valence-electron chi connectivity index (χ2n) is 5.46. The lowest BCUT2D eigenvalue weighted by Gasteiger charge is -2.03. The van der Waals surface area contributed by atoms with E-state index in [0.717, 1.165) is 6.08 Å². The van der Waals surface area contributed by atoms with Crippen molar-refractivity contribution in [3.63, 3.8) is 0 Å². The molecule has 0 aliphatic carbocycles. The van der Waals surface area contributed by atoms with E-state index >= 15 is 0 Å². The van der Waals surface area contributed by atoms with Crippen molar-refractivity contribution in [3.8, 4) is 5.75 Å². The molecule has 144 valence electrons. The first-order valence-electron chi connectivity index (χ1n) is 8.04. The van der Waals surface area contributed by atoms with Crippen molar-refractivity contribution in [2.75, 3.05) is 6.61 Å². The number of hydroxylamine groups is 1. The molecule has 0 aliphatic rings. The Bertz CT molecular complexity index is 907. The SMILES string of the molecule is NC(=O)COc1ccc(C=NNC(=O)c2cccc(C=CC(=O)NO)c2)cc1. The van der Waals surface area contributed by atoms with E-state index < -0.39 is 17.7 Å². The average Bonchev–Trinajstić information content (AvgIpc) is 2.71. The summed E-state index contributed by atoms with van der Waals surface area (Å²) in [7, 11) is 0. The molecule has 0 unspecified atom stereocenters. The van der Waals surface area contributed by atoms with Crippen LogP contribution < -0.4 is 21.4 Å². The molecule has 0 saturated heterocycles. The van der Waals surface area contributed by atoms with E-state index in [0.29, 0.717) is 22.4 Å². The second kappa shape index (κ2) is 10.2. The van der Waals surface area contributed by atoms with Gasteiger partial charge in [0.05, 0.1) is 6.21 Å². The molecule has 0 spiro atoms. The Labute approximate surface area is 160 Å². The van der Waals surface area contributed by atoms with Crippen molar-refractivity contribution in [1.82, 2.24) is 10.9 Å².